The number of nitrogens with one attached hydrogen (secondary N) is 1. The molecule has 1 aromatic heterocycles. The fourth-order valence-corrected chi connectivity index (χ4v) is 2.30. The van der Waals surface area contributed by atoms with Crippen molar-refractivity contribution in [1.29, 1.82) is 0 Å². The topological polar surface area (TPSA) is 46.9 Å². The molecule has 1 amide bonds. The maximum Gasteiger partial charge on any atom is 0.271 e. The lowest BCUT2D eigenvalue weighted by Crippen LogP contribution is -2.26. The number of aryl methyl sites for hydroxylation is 2. The van der Waals surface area contributed by atoms with Crippen LogP contribution in [-0.2, 0) is 13.5 Å². The van der Waals surface area contributed by atoms with Crippen molar-refractivity contribution in [2.24, 2.45) is 7.05 Å². The molecule has 106 valence electrons. The van der Waals surface area contributed by atoms with Crippen molar-refractivity contribution in [2.75, 3.05) is 6.54 Å². The second kappa shape index (κ2) is 6.29. The van der Waals surface area contributed by atoms with Gasteiger partial charge in [-0.05, 0) is 37.1 Å². The number of amides is 1. The molecule has 0 spiro atoms. The number of aromatic nitrogens is 2. The van der Waals surface area contributed by atoms with Gasteiger partial charge in [0.05, 0.1) is 0 Å². The molecular weight excluding hydrogens is 297 g/mol. The van der Waals surface area contributed by atoms with E-state index in [9.17, 15) is 4.79 Å². The Morgan fingerprint density at radius 2 is 2.10 bits per heavy atom. The summed E-state index contributed by atoms with van der Waals surface area (Å²) in [5, 5.41) is 8.16. The molecule has 0 aliphatic carbocycles. The molecule has 0 fully saturated rings. The Morgan fingerprint density at radius 3 is 2.70 bits per heavy atom. The van der Waals surface area contributed by atoms with Crippen LogP contribution < -0.4 is 5.32 Å². The Hall–Kier alpha value is -1.52. The SMILES string of the molecule is Cc1cc(C(=O)NCCc2ccc(Cl)cc2Cl)nn1C. The number of benzene rings is 1. The number of hydrogen-bond acceptors (Lipinski definition) is 2. The number of halogens is 2. The molecule has 0 atom stereocenters. The van der Waals surface area contributed by atoms with Crippen LogP contribution in [0.2, 0.25) is 10.0 Å². The van der Waals surface area contributed by atoms with E-state index in [-0.39, 0.29) is 5.91 Å². The minimum absolute atomic E-state index is 0.182. The van der Waals surface area contributed by atoms with Crippen molar-refractivity contribution in [2.45, 2.75) is 13.3 Å². The molecule has 1 N–H and O–H groups in total. The molecule has 2 rings (SSSR count). The third-order valence-corrected chi connectivity index (χ3v) is 3.63. The smallest absolute Gasteiger partial charge is 0.271 e. The van der Waals surface area contributed by atoms with Gasteiger partial charge in [-0.25, -0.2) is 0 Å². The molecular formula is C14H15Cl2N3O. The molecule has 2 aromatic rings. The van der Waals surface area contributed by atoms with Crippen LogP contribution in [0.1, 0.15) is 21.7 Å². The monoisotopic (exact) mass is 311 g/mol. The first-order valence-corrected chi connectivity index (χ1v) is 6.95. The molecule has 0 aliphatic heterocycles. The molecule has 1 heterocycles. The first kappa shape index (κ1) is 14.9. The first-order chi connectivity index (χ1) is 9.47. The summed E-state index contributed by atoms with van der Waals surface area (Å²) in [5.74, 6) is -0.182. The van der Waals surface area contributed by atoms with Gasteiger partial charge in [0.2, 0.25) is 0 Å². The zero-order chi connectivity index (χ0) is 14.7. The van der Waals surface area contributed by atoms with Crippen molar-refractivity contribution >= 4 is 29.1 Å². The van der Waals surface area contributed by atoms with E-state index < -0.39 is 0 Å². The summed E-state index contributed by atoms with van der Waals surface area (Å²) in [6.45, 7) is 2.40. The molecule has 0 saturated heterocycles. The maximum atomic E-state index is 11.9. The van der Waals surface area contributed by atoms with Gasteiger partial charge < -0.3 is 5.32 Å². The number of rotatable bonds is 4. The summed E-state index contributed by atoms with van der Waals surface area (Å²) in [5.41, 5.74) is 2.32. The van der Waals surface area contributed by atoms with E-state index in [0.717, 1.165) is 11.3 Å². The van der Waals surface area contributed by atoms with Crippen LogP contribution in [0.5, 0.6) is 0 Å². The molecule has 0 bridgehead atoms. The lowest BCUT2D eigenvalue weighted by molar-refractivity contribution is 0.0948. The summed E-state index contributed by atoms with van der Waals surface area (Å²) in [4.78, 5) is 11.9. The Balaban J connectivity index is 1.91. The molecule has 1 aromatic carbocycles. The largest absolute Gasteiger partial charge is 0.350 e. The van der Waals surface area contributed by atoms with E-state index in [1.54, 1.807) is 29.9 Å². The molecule has 0 unspecified atom stereocenters. The Labute approximate surface area is 127 Å². The maximum absolute atomic E-state index is 11.9. The molecule has 6 heteroatoms. The highest BCUT2D eigenvalue weighted by Gasteiger charge is 2.10. The van der Waals surface area contributed by atoms with Gasteiger partial charge in [0.15, 0.2) is 0 Å². The van der Waals surface area contributed by atoms with E-state index in [1.165, 1.54) is 0 Å². The van der Waals surface area contributed by atoms with Crippen LogP contribution in [0, 0.1) is 6.92 Å². The number of carbonyl (C=O) groups is 1. The Kier molecular flexibility index (Phi) is 4.68. The van der Waals surface area contributed by atoms with Gasteiger partial charge in [-0.2, -0.15) is 5.10 Å². The molecule has 4 nitrogen and oxygen atoms in total. The minimum Gasteiger partial charge on any atom is -0.350 e. The fraction of sp³-hybridized carbons (Fsp3) is 0.286. The third-order valence-electron chi connectivity index (χ3n) is 3.04. The predicted molar refractivity (Wildman–Crippen MR) is 80.4 cm³/mol. The van der Waals surface area contributed by atoms with Crippen LogP contribution in [0.25, 0.3) is 0 Å². The van der Waals surface area contributed by atoms with E-state index in [2.05, 4.69) is 10.4 Å². The highest BCUT2D eigenvalue weighted by atomic mass is 35.5. The Bertz CT molecular complexity index is 618. The lowest BCUT2D eigenvalue weighted by atomic mass is 10.1. The highest BCUT2D eigenvalue weighted by molar-refractivity contribution is 6.35. The summed E-state index contributed by atoms with van der Waals surface area (Å²) >= 11 is 11.9. The number of nitrogens with zero attached hydrogens (tertiary/aromatic N) is 2. The van der Waals surface area contributed by atoms with Crippen molar-refractivity contribution in [1.82, 2.24) is 15.1 Å². The van der Waals surface area contributed by atoms with Crippen LogP contribution in [-0.4, -0.2) is 22.2 Å². The quantitative estimate of drug-likeness (QED) is 0.943. The lowest BCUT2D eigenvalue weighted by Gasteiger charge is -2.06. The van der Waals surface area contributed by atoms with Crippen molar-refractivity contribution in [3.8, 4) is 0 Å². The highest BCUT2D eigenvalue weighted by Crippen LogP contribution is 2.21. The van der Waals surface area contributed by atoms with Crippen LogP contribution >= 0.6 is 23.2 Å². The van der Waals surface area contributed by atoms with Crippen LogP contribution in [0.4, 0.5) is 0 Å². The predicted octanol–water partition coefficient (Wildman–Crippen LogP) is 3.01. The molecule has 20 heavy (non-hydrogen) atoms. The van der Waals surface area contributed by atoms with Gasteiger partial charge in [-0.15, -0.1) is 0 Å². The van der Waals surface area contributed by atoms with Gasteiger partial charge in [0, 0.05) is 29.3 Å². The van der Waals surface area contributed by atoms with Crippen LogP contribution in [0.15, 0.2) is 24.3 Å². The second-order valence-electron chi connectivity index (χ2n) is 4.54. The molecule has 0 radical (unpaired) electrons. The second-order valence-corrected chi connectivity index (χ2v) is 5.38. The summed E-state index contributed by atoms with van der Waals surface area (Å²) in [6.07, 6.45) is 0.646. The van der Waals surface area contributed by atoms with Gasteiger partial charge >= 0.3 is 0 Å². The summed E-state index contributed by atoms with van der Waals surface area (Å²) in [6, 6.07) is 7.10. The van der Waals surface area contributed by atoms with Gasteiger partial charge in [0.25, 0.3) is 5.91 Å². The van der Waals surface area contributed by atoms with E-state index in [0.29, 0.717) is 28.7 Å². The van der Waals surface area contributed by atoms with E-state index in [1.807, 2.05) is 13.0 Å². The molecule has 0 saturated carbocycles. The third kappa shape index (κ3) is 3.52. The number of carbonyl (C=O) groups excluding carboxylic acids is 1. The standard InChI is InChI=1S/C14H15Cl2N3O/c1-9-7-13(18-19(9)2)14(20)17-6-5-10-3-4-11(15)8-12(10)16/h3-4,7-8H,5-6H2,1-2H3,(H,17,20). The Morgan fingerprint density at radius 1 is 1.35 bits per heavy atom. The van der Waals surface area contributed by atoms with E-state index >= 15 is 0 Å². The van der Waals surface area contributed by atoms with Gasteiger partial charge in [-0.3, -0.25) is 9.48 Å². The van der Waals surface area contributed by atoms with E-state index in [4.69, 9.17) is 23.2 Å². The fourth-order valence-electron chi connectivity index (χ4n) is 1.80. The zero-order valence-corrected chi connectivity index (χ0v) is 12.8. The average Bonchev–Trinajstić information content (AvgIpc) is 2.72. The average molecular weight is 312 g/mol. The zero-order valence-electron chi connectivity index (χ0n) is 11.3. The van der Waals surface area contributed by atoms with Crippen molar-refractivity contribution in [3.05, 3.63) is 51.3 Å². The van der Waals surface area contributed by atoms with Gasteiger partial charge in [-0.1, -0.05) is 29.3 Å². The molecule has 0 aliphatic rings. The van der Waals surface area contributed by atoms with Gasteiger partial charge in [0.1, 0.15) is 5.69 Å². The van der Waals surface area contributed by atoms with Crippen molar-refractivity contribution < 1.29 is 4.79 Å². The normalized spacial score (nSPS) is 10.6. The summed E-state index contributed by atoms with van der Waals surface area (Å²) in [7, 11) is 1.81. The summed E-state index contributed by atoms with van der Waals surface area (Å²) < 4.78 is 1.67. The van der Waals surface area contributed by atoms with Crippen molar-refractivity contribution in [3.63, 3.8) is 0 Å². The minimum atomic E-state index is -0.182. The van der Waals surface area contributed by atoms with Crippen LogP contribution in [0.3, 0.4) is 0 Å². The number of hydrogen-bond donors (Lipinski definition) is 1. The first-order valence-electron chi connectivity index (χ1n) is 6.20.